The number of likely N-dealkylation sites (tertiary alicyclic amines) is 1. The number of amides is 1. The zero-order chi connectivity index (χ0) is 15.4. The SMILES string of the molecule is O=C(CCCOc1ccccc1Br)N1CCC2CCC(C1)N2. The van der Waals surface area contributed by atoms with Gasteiger partial charge in [0.05, 0.1) is 11.1 Å². The van der Waals surface area contributed by atoms with Crippen molar-refractivity contribution in [2.75, 3.05) is 19.7 Å². The van der Waals surface area contributed by atoms with Crippen molar-refractivity contribution in [3.8, 4) is 5.75 Å². The summed E-state index contributed by atoms with van der Waals surface area (Å²) in [5.41, 5.74) is 0. The second-order valence-corrected chi connectivity index (χ2v) is 7.00. The molecule has 3 rings (SSSR count). The number of hydrogen-bond donors (Lipinski definition) is 1. The molecule has 2 bridgehead atoms. The van der Waals surface area contributed by atoms with Crippen LogP contribution in [0.15, 0.2) is 28.7 Å². The first-order valence-electron chi connectivity index (χ1n) is 8.13. The number of para-hydroxylation sites is 1. The molecule has 1 amide bonds. The highest BCUT2D eigenvalue weighted by atomic mass is 79.9. The molecule has 2 saturated heterocycles. The lowest BCUT2D eigenvalue weighted by atomic mass is 10.1. The molecule has 1 N–H and O–H groups in total. The van der Waals surface area contributed by atoms with Crippen molar-refractivity contribution < 1.29 is 9.53 Å². The van der Waals surface area contributed by atoms with Crippen molar-refractivity contribution >= 4 is 21.8 Å². The predicted molar refractivity (Wildman–Crippen MR) is 90.0 cm³/mol. The van der Waals surface area contributed by atoms with Gasteiger partial charge in [0.15, 0.2) is 0 Å². The van der Waals surface area contributed by atoms with Crippen molar-refractivity contribution in [1.29, 1.82) is 0 Å². The third kappa shape index (κ3) is 4.02. The largest absolute Gasteiger partial charge is 0.492 e. The van der Waals surface area contributed by atoms with Gasteiger partial charge in [0.2, 0.25) is 5.91 Å². The van der Waals surface area contributed by atoms with Crippen LogP contribution < -0.4 is 10.1 Å². The summed E-state index contributed by atoms with van der Waals surface area (Å²) < 4.78 is 6.67. The van der Waals surface area contributed by atoms with E-state index in [2.05, 4.69) is 21.2 Å². The van der Waals surface area contributed by atoms with Gasteiger partial charge in [-0.1, -0.05) is 12.1 Å². The fraction of sp³-hybridized carbons (Fsp3) is 0.588. The molecule has 0 radical (unpaired) electrons. The Morgan fingerprint density at radius 3 is 2.95 bits per heavy atom. The van der Waals surface area contributed by atoms with E-state index in [0.29, 0.717) is 25.1 Å². The molecule has 4 nitrogen and oxygen atoms in total. The van der Waals surface area contributed by atoms with Gasteiger partial charge in [0, 0.05) is 31.6 Å². The van der Waals surface area contributed by atoms with Crippen molar-refractivity contribution in [2.45, 2.75) is 44.2 Å². The topological polar surface area (TPSA) is 41.6 Å². The Morgan fingerprint density at radius 2 is 2.09 bits per heavy atom. The van der Waals surface area contributed by atoms with Gasteiger partial charge in [-0.25, -0.2) is 0 Å². The van der Waals surface area contributed by atoms with Crippen LogP contribution in [0.3, 0.4) is 0 Å². The van der Waals surface area contributed by atoms with E-state index in [-0.39, 0.29) is 5.91 Å². The van der Waals surface area contributed by atoms with Crippen molar-refractivity contribution in [3.63, 3.8) is 0 Å². The third-order valence-corrected chi connectivity index (χ3v) is 5.16. The number of carbonyl (C=O) groups excluding carboxylic acids is 1. The highest BCUT2D eigenvalue weighted by molar-refractivity contribution is 9.10. The number of halogens is 1. The van der Waals surface area contributed by atoms with Gasteiger partial charge in [-0.3, -0.25) is 4.79 Å². The number of ether oxygens (including phenoxy) is 1. The lowest BCUT2D eigenvalue weighted by molar-refractivity contribution is -0.131. The van der Waals surface area contributed by atoms with E-state index < -0.39 is 0 Å². The van der Waals surface area contributed by atoms with Gasteiger partial charge < -0.3 is 15.0 Å². The summed E-state index contributed by atoms with van der Waals surface area (Å²) in [5.74, 6) is 1.11. The van der Waals surface area contributed by atoms with E-state index in [1.165, 1.54) is 12.8 Å². The number of benzene rings is 1. The zero-order valence-corrected chi connectivity index (χ0v) is 14.3. The summed E-state index contributed by atoms with van der Waals surface area (Å²) in [5, 5.41) is 3.61. The molecule has 5 heteroatoms. The first-order chi connectivity index (χ1) is 10.7. The molecule has 22 heavy (non-hydrogen) atoms. The summed E-state index contributed by atoms with van der Waals surface area (Å²) in [6.45, 7) is 2.35. The normalized spacial score (nSPS) is 24.1. The second kappa shape index (κ2) is 7.47. The average Bonchev–Trinajstić information content (AvgIpc) is 2.84. The summed E-state index contributed by atoms with van der Waals surface area (Å²) in [6.07, 6.45) is 4.90. The van der Waals surface area contributed by atoms with Gasteiger partial charge in [-0.15, -0.1) is 0 Å². The van der Waals surface area contributed by atoms with Crippen LogP contribution in [0.25, 0.3) is 0 Å². The van der Waals surface area contributed by atoms with Crippen LogP contribution in [0.1, 0.15) is 32.1 Å². The lowest BCUT2D eigenvalue weighted by Crippen LogP contribution is -2.39. The first kappa shape index (κ1) is 15.8. The predicted octanol–water partition coefficient (Wildman–Crippen LogP) is 2.96. The number of nitrogens with zero attached hydrogens (tertiary/aromatic N) is 1. The molecule has 2 aliphatic heterocycles. The minimum atomic E-state index is 0.269. The van der Waals surface area contributed by atoms with E-state index in [0.717, 1.165) is 36.2 Å². The number of hydrogen-bond acceptors (Lipinski definition) is 3. The van der Waals surface area contributed by atoms with E-state index >= 15 is 0 Å². The number of nitrogens with one attached hydrogen (secondary N) is 1. The molecule has 2 fully saturated rings. The minimum Gasteiger partial charge on any atom is -0.492 e. The molecule has 2 aliphatic rings. The van der Waals surface area contributed by atoms with Crippen LogP contribution in [-0.4, -0.2) is 42.6 Å². The molecule has 0 aliphatic carbocycles. The monoisotopic (exact) mass is 366 g/mol. The molecule has 2 unspecified atom stereocenters. The Labute approximate surface area is 140 Å². The Morgan fingerprint density at radius 1 is 1.27 bits per heavy atom. The van der Waals surface area contributed by atoms with Crippen LogP contribution in [0.4, 0.5) is 0 Å². The fourth-order valence-electron chi connectivity index (χ4n) is 3.29. The van der Waals surface area contributed by atoms with E-state index in [4.69, 9.17) is 4.74 Å². The van der Waals surface area contributed by atoms with Gasteiger partial charge >= 0.3 is 0 Å². The van der Waals surface area contributed by atoms with Crippen molar-refractivity contribution in [2.24, 2.45) is 0 Å². The summed E-state index contributed by atoms with van der Waals surface area (Å²) in [4.78, 5) is 14.4. The molecule has 2 atom stereocenters. The zero-order valence-electron chi connectivity index (χ0n) is 12.8. The molecular weight excluding hydrogens is 344 g/mol. The van der Waals surface area contributed by atoms with Gasteiger partial charge in [0.25, 0.3) is 0 Å². The van der Waals surface area contributed by atoms with E-state index in [1.807, 2.05) is 29.2 Å². The fourth-order valence-corrected chi connectivity index (χ4v) is 3.69. The molecule has 1 aromatic rings. The number of carbonyl (C=O) groups is 1. The molecule has 2 heterocycles. The van der Waals surface area contributed by atoms with Crippen molar-refractivity contribution in [1.82, 2.24) is 10.2 Å². The van der Waals surface area contributed by atoms with Gasteiger partial charge in [-0.2, -0.15) is 0 Å². The Hall–Kier alpha value is -1.07. The third-order valence-electron chi connectivity index (χ3n) is 4.51. The molecule has 120 valence electrons. The van der Waals surface area contributed by atoms with Crippen molar-refractivity contribution in [3.05, 3.63) is 28.7 Å². The Kier molecular flexibility index (Phi) is 5.37. The lowest BCUT2D eigenvalue weighted by Gasteiger charge is -2.24. The second-order valence-electron chi connectivity index (χ2n) is 6.15. The molecule has 0 saturated carbocycles. The Balaban J connectivity index is 1.40. The molecule has 0 spiro atoms. The maximum atomic E-state index is 12.3. The van der Waals surface area contributed by atoms with Crippen LogP contribution in [0.2, 0.25) is 0 Å². The van der Waals surface area contributed by atoms with Crippen LogP contribution in [-0.2, 0) is 4.79 Å². The summed E-state index contributed by atoms with van der Waals surface area (Å²) >= 11 is 3.46. The van der Waals surface area contributed by atoms with Crippen LogP contribution in [0.5, 0.6) is 5.75 Å². The van der Waals surface area contributed by atoms with Gasteiger partial charge in [0.1, 0.15) is 5.75 Å². The van der Waals surface area contributed by atoms with E-state index in [9.17, 15) is 4.79 Å². The summed E-state index contributed by atoms with van der Waals surface area (Å²) in [7, 11) is 0. The van der Waals surface area contributed by atoms with Crippen LogP contribution >= 0.6 is 15.9 Å². The van der Waals surface area contributed by atoms with Gasteiger partial charge in [-0.05, 0) is 53.7 Å². The molecule has 1 aromatic carbocycles. The standard InChI is InChI=1S/C17H23BrN2O2/c18-15-4-1-2-5-16(15)22-11-3-6-17(21)20-10-9-13-7-8-14(12-20)19-13/h1-2,4-5,13-14,19H,3,6-12H2. The highest BCUT2D eigenvalue weighted by Crippen LogP contribution is 2.24. The average molecular weight is 367 g/mol. The van der Waals surface area contributed by atoms with Crippen LogP contribution in [0, 0.1) is 0 Å². The quantitative estimate of drug-likeness (QED) is 0.814. The maximum absolute atomic E-state index is 12.3. The minimum absolute atomic E-state index is 0.269. The maximum Gasteiger partial charge on any atom is 0.222 e. The summed E-state index contributed by atoms with van der Waals surface area (Å²) in [6, 6.07) is 8.93. The number of fused-ring (bicyclic) bond motifs is 2. The number of rotatable bonds is 5. The smallest absolute Gasteiger partial charge is 0.222 e. The molecular formula is C17H23BrN2O2. The molecule has 0 aromatic heterocycles. The Bertz CT molecular complexity index is 523. The first-order valence-corrected chi connectivity index (χ1v) is 8.93. The van der Waals surface area contributed by atoms with E-state index in [1.54, 1.807) is 0 Å². The highest BCUT2D eigenvalue weighted by Gasteiger charge is 2.30.